The molecule has 2 N–H and O–H groups in total. The highest BCUT2D eigenvalue weighted by molar-refractivity contribution is 5.97. The number of H-pyrrole nitrogens is 1. The van der Waals surface area contributed by atoms with Crippen molar-refractivity contribution in [3.8, 4) is 5.88 Å². The molecule has 1 aromatic heterocycles. The Bertz CT molecular complexity index is 599. The van der Waals surface area contributed by atoms with Gasteiger partial charge in [0, 0.05) is 18.0 Å². The molecule has 4 nitrogen and oxygen atoms in total. The van der Waals surface area contributed by atoms with E-state index in [9.17, 15) is 4.79 Å². The molecule has 92 valence electrons. The first-order chi connectivity index (χ1) is 8.76. The first kappa shape index (κ1) is 12.0. The van der Waals surface area contributed by atoms with Crippen LogP contribution in [0.15, 0.2) is 49.6 Å². The zero-order valence-electron chi connectivity index (χ0n) is 9.90. The molecule has 2 aromatic rings. The van der Waals surface area contributed by atoms with E-state index in [0.717, 1.165) is 22.7 Å². The van der Waals surface area contributed by atoms with Gasteiger partial charge in [0.1, 0.15) is 5.69 Å². The van der Waals surface area contributed by atoms with Crippen LogP contribution in [0.2, 0.25) is 0 Å². The van der Waals surface area contributed by atoms with Crippen LogP contribution < -0.4 is 10.1 Å². The average Bonchev–Trinajstić information content (AvgIpc) is 2.73. The highest BCUT2D eigenvalue weighted by Gasteiger charge is 2.13. The third kappa shape index (κ3) is 2.27. The first-order valence-corrected chi connectivity index (χ1v) is 5.56. The number of nitrogens with one attached hydrogen (secondary N) is 2. The SMILES string of the molecule is C=CCNc1c(OC(=O)C=C)[nH]c2ccccc12. The second-order valence-corrected chi connectivity index (χ2v) is 3.67. The van der Waals surface area contributed by atoms with E-state index in [1.165, 1.54) is 0 Å². The van der Waals surface area contributed by atoms with Crippen molar-refractivity contribution >= 4 is 22.6 Å². The normalized spacial score (nSPS) is 10.0. The van der Waals surface area contributed by atoms with Crippen LogP contribution in [0.25, 0.3) is 10.9 Å². The Labute approximate surface area is 105 Å². The van der Waals surface area contributed by atoms with E-state index in [2.05, 4.69) is 23.5 Å². The van der Waals surface area contributed by atoms with Gasteiger partial charge in [-0.15, -0.1) is 6.58 Å². The molecule has 1 heterocycles. The largest absolute Gasteiger partial charge is 0.404 e. The number of para-hydroxylation sites is 1. The van der Waals surface area contributed by atoms with Crippen molar-refractivity contribution in [1.82, 2.24) is 4.98 Å². The summed E-state index contributed by atoms with van der Waals surface area (Å²) >= 11 is 0. The van der Waals surface area contributed by atoms with Crippen molar-refractivity contribution in [3.05, 3.63) is 49.6 Å². The van der Waals surface area contributed by atoms with E-state index >= 15 is 0 Å². The number of carbonyl (C=O) groups is 1. The maximum Gasteiger partial charge on any atom is 0.336 e. The lowest BCUT2D eigenvalue weighted by atomic mass is 10.2. The number of rotatable bonds is 5. The van der Waals surface area contributed by atoms with Crippen LogP contribution in [-0.2, 0) is 4.79 Å². The van der Waals surface area contributed by atoms with E-state index in [1.807, 2.05) is 24.3 Å². The minimum absolute atomic E-state index is 0.392. The highest BCUT2D eigenvalue weighted by atomic mass is 16.5. The Kier molecular flexibility index (Phi) is 3.48. The van der Waals surface area contributed by atoms with Crippen molar-refractivity contribution in [3.63, 3.8) is 0 Å². The molecule has 0 unspecified atom stereocenters. The van der Waals surface area contributed by atoms with Crippen LogP contribution in [0.5, 0.6) is 5.88 Å². The van der Waals surface area contributed by atoms with Gasteiger partial charge in [-0.05, 0) is 6.07 Å². The number of esters is 1. The fraction of sp³-hybridized carbons (Fsp3) is 0.0714. The number of hydrogen-bond acceptors (Lipinski definition) is 3. The molecule has 4 heteroatoms. The van der Waals surface area contributed by atoms with E-state index < -0.39 is 5.97 Å². The number of aromatic amines is 1. The molecule has 0 bridgehead atoms. The summed E-state index contributed by atoms with van der Waals surface area (Å²) in [4.78, 5) is 14.3. The molecule has 0 atom stereocenters. The fourth-order valence-electron chi connectivity index (χ4n) is 1.69. The Morgan fingerprint density at radius 2 is 2.17 bits per heavy atom. The zero-order valence-corrected chi connectivity index (χ0v) is 9.90. The summed E-state index contributed by atoms with van der Waals surface area (Å²) in [7, 11) is 0. The van der Waals surface area contributed by atoms with Gasteiger partial charge in [-0.2, -0.15) is 0 Å². The first-order valence-electron chi connectivity index (χ1n) is 5.56. The lowest BCUT2D eigenvalue weighted by molar-refractivity contribution is -0.129. The van der Waals surface area contributed by atoms with Crippen LogP contribution in [-0.4, -0.2) is 17.5 Å². The molecule has 1 aromatic carbocycles. The number of carbonyl (C=O) groups excluding carboxylic acids is 1. The van der Waals surface area contributed by atoms with Crippen LogP contribution in [0.3, 0.4) is 0 Å². The number of aromatic nitrogens is 1. The number of fused-ring (bicyclic) bond motifs is 1. The smallest absolute Gasteiger partial charge is 0.336 e. The molecule has 0 aliphatic rings. The van der Waals surface area contributed by atoms with Crippen LogP contribution in [0.1, 0.15) is 0 Å². The van der Waals surface area contributed by atoms with Crippen LogP contribution in [0, 0.1) is 0 Å². The summed E-state index contributed by atoms with van der Waals surface area (Å²) in [6, 6.07) is 7.70. The summed E-state index contributed by atoms with van der Waals surface area (Å²) in [5.41, 5.74) is 1.65. The van der Waals surface area contributed by atoms with Crippen molar-refractivity contribution in [2.45, 2.75) is 0 Å². The standard InChI is InChI=1S/C14H14N2O2/c1-3-9-15-13-10-7-5-6-8-11(10)16-14(13)18-12(17)4-2/h3-8,15-16H,1-2,9H2. The fourth-order valence-corrected chi connectivity index (χ4v) is 1.69. The van der Waals surface area contributed by atoms with Gasteiger partial charge in [0.15, 0.2) is 0 Å². The molecule has 0 saturated carbocycles. The Balaban J connectivity index is 2.45. The molecule has 18 heavy (non-hydrogen) atoms. The van der Waals surface area contributed by atoms with Gasteiger partial charge in [-0.1, -0.05) is 30.9 Å². The number of benzene rings is 1. The van der Waals surface area contributed by atoms with E-state index in [0.29, 0.717) is 12.4 Å². The lowest BCUT2D eigenvalue weighted by Gasteiger charge is -2.05. The quantitative estimate of drug-likeness (QED) is 0.481. The summed E-state index contributed by atoms with van der Waals surface area (Å²) in [6.07, 6.45) is 2.86. The van der Waals surface area contributed by atoms with Gasteiger partial charge in [0.05, 0.1) is 5.52 Å². The van der Waals surface area contributed by atoms with Gasteiger partial charge in [0.25, 0.3) is 0 Å². The molecular formula is C14H14N2O2. The monoisotopic (exact) mass is 242 g/mol. The van der Waals surface area contributed by atoms with E-state index in [-0.39, 0.29) is 0 Å². The molecule has 0 aliphatic heterocycles. The summed E-state index contributed by atoms with van der Waals surface area (Å²) in [5.74, 6) is -0.105. The lowest BCUT2D eigenvalue weighted by Crippen LogP contribution is -2.06. The molecule has 0 radical (unpaired) electrons. The Morgan fingerprint density at radius 1 is 1.39 bits per heavy atom. The minimum atomic E-state index is -0.497. The number of ether oxygens (including phenoxy) is 1. The molecular weight excluding hydrogens is 228 g/mol. The van der Waals surface area contributed by atoms with Crippen molar-refractivity contribution < 1.29 is 9.53 Å². The maximum atomic E-state index is 11.3. The van der Waals surface area contributed by atoms with Crippen molar-refractivity contribution in [1.29, 1.82) is 0 Å². The van der Waals surface area contributed by atoms with Crippen LogP contribution in [0.4, 0.5) is 5.69 Å². The highest BCUT2D eigenvalue weighted by Crippen LogP contribution is 2.33. The predicted molar refractivity (Wildman–Crippen MR) is 72.8 cm³/mol. The van der Waals surface area contributed by atoms with Gasteiger partial charge < -0.3 is 15.0 Å². The summed E-state index contributed by atoms with van der Waals surface area (Å²) in [5, 5.41) is 4.12. The predicted octanol–water partition coefficient (Wildman–Crippen LogP) is 2.86. The molecule has 0 spiro atoms. The second-order valence-electron chi connectivity index (χ2n) is 3.67. The third-order valence-corrected chi connectivity index (χ3v) is 2.46. The molecule has 0 saturated heterocycles. The maximum absolute atomic E-state index is 11.3. The average molecular weight is 242 g/mol. The Hall–Kier alpha value is -2.49. The minimum Gasteiger partial charge on any atom is -0.404 e. The van der Waals surface area contributed by atoms with Crippen molar-refractivity contribution in [2.24, 2.45) is 0 Å². The third-order valence-electron chi connectivity index (χ3n) is 2.46. The number of anilines is 1. The van der Waals surface area contributed by atoms with Crippen molar-refractivity contribution in [2.75, 3.05) is 11.9 Å². The van der Waals surface area contributed by atoms with Gasteiger partial charge in [-0.25, -0.2) is 4.79 Å². The summed E-state index contributed by atoms with van der Waals surface area (Å²) in [6.45, 7) is 7.61. The topological polar surface area (TPSA) is 54.1 Å². The van der Waals surface area contributed by atoms with Gasteiger partial charge >= 0.3 is 5.97 Å². The van der Waals surface area contributed by atoms with Crippen LogP contribution >= 0.6 is 0 Å². The molecule has 0 fully saturated rings. The molecule has 2 rings (SSSR count). The van der Waals surface area contributed by atoms with Gasteiger partial charge in [0.2, 0.25) is 5.88 Å². The second kappa shape index (κ2) is 5.23. The Morgan fingerprint density at radius 3 is 2.89 bits per heavy atom. The molecule has 0 aliphatic carbocycles. The summed E-state index contributed by atoms with van der Waals surface area (Å²) < 4.78 is 5.17. The van der Waals surface area contributed by atoms with E-state index in [4.69, 9.17) is 4.74 Å². The molecule has 0 amide bonds. The zero-order chi connectivity index (χ0) is 13.0. The van der Waals surface area contributed by atoms with E-state index in [1.54, 1.807) is 6.08 Å². The van der Waals surface area contributed by atoms with Gasteiger partial charge in [-0.3, -0.25) is 0 Å². The number of hydrogen-bond donors (Lipinski definition) is 2.